The number of hydrogen-bond acceptors (Lipinski definition) is 6. The van der Waals surface area contributed by atoms with Crippen LogP contribution in [0.4, 0.5) is 5.69 Å². The molecule has 8 heteroatoms. The fraction of sp³-hybridized carbons (Fsp3) is 0.567. The van der Waals surface area contributed by atoms with Crippen molar-refractivity contribution >= 4 is 21.7 Å². The first-order valence-corrected chi connectivity index (χ1v) is 15.5. The molecule has 1 saturated carbocycles. The first-order valence-electron chi connectivity index (χ1n) is 14.0. The average Bonchev–Trinajstić information content (AvgIpc) is 2.89. The third-order valence-electron chi connectivity index (χ3n) is 7.94. The average molecular weight is 542 g/mol. The number of sulfonamides is 1. The number of carbonyl (C=O) groups is 1. The van der Waals surface area contributed by atoms with Crippen LogP contribution in [-0.4, -0.2) is 20.9 Å². The van der Waals surface area contributed by atoms with Crippen LogP contribution in [0.1, 0.15) is 82.4 Å². The largest absolute Gasteiger partial charge is 0.370 e. The van der Waals surface area contributed by atoms with Gasteiger partial charge in [0.1, 0.15) is 0 Å². The zero-order valence-corrected chi connectivity index (χ0v) is 23.8. The second-order valence-electron chi connectivity index (χ2n) is 11.8. The van der Waals surface area contributed by atoms with E-state index in [9.17, 15) is 13.2 Å². The predicted molar refractivity (Wildman–Crippen MR) is 151 cm³/mol. The summed E-state index contributed by atoms with van der Waals surface area (Å²) in [5, 5.41) is 3.30. The molecular weight excluding hydrogens is 498 g/mol. The van der Waals surface area contributed by atoms with Gasteiger partial charge in [-0.15, -0.1) is 5.48 Å². The number of carbonyl (C=O) groups excluding carboxylic acids is 1. The lowest BCUT2D eigenvalue weighted by atomic mass is 9.77. The van der Waals surface area contributed by atoms with Gasteiger partial charge in [0.15, 0.2) is 0 Å². The third-order valence-corrected chi connectivity index (χ3v) is 9.30. The molecule has 1 atom stereocenters. The lowest BCUT2D eigenvalue weighted by Gasteiger charge is -2.29. The Balaban J connectivity index is 1.32. The monoisotopic (exact) mass is 541 g/mol. The second-order valence-corrected chi connectivity index (χ2v) is 13.4. The van der Waals surface area contributed by atoms with E-state index in [-0.39, 0.29) is 17.4 Å². The van der Waals surface area contributed by atoms with Crippen molar-refractivity contribution in [3.63, 3.8) is 0 Å². The third kappa shape index (κ3) is 7.58. The van der Waals surface area contributed by atoms with Gasteiger partial charge >= 0.3 is 5.97 Å². The number of para-hydroxylation sites is 1. The lowest BCUT2D eigenvalue weighted by molar-refractivity contribution is -0.163. The van der Waals surface area contributed by atoms with Gasteiger partial charge in [0.25, 0.3) is 10.0 Å². The van der Waals surface area contributed by atoms with Gasteiger partial charge in [-0.1, -0.05) is 63.3 Å². The Bertz CT molecular complexity index is 1210. The molecule has 0 radical (unpaired) electrons. The van der Waals surface area contributed by atoms with Crippen LogP contribution in [0.3, 0.4) is 0 Å². The molecule has 0 spiro atoms. The zero-order chi connectivity index (χ0) is 27.2. The van der Waals surface area contributed by atoms with E-state index >= 15 is 0 Å². The van der Waals surface area contributed by atoms with E-state index in [0.717, 1.165) is 43.0 Å². The van der Waals surface area contributed by atoms with Gasteiger partial charge in [0.05, 0.1) is 22.5 Å². The molecular formula is C30H43N3O4S. The van der Waals surface area contributed by atoms with Crippen LogP contribution in [-0.2, 0) is 39.2 Å². The van der Waals surface area contributed by atoms with E-state index in [2.05, 4.69) is 22.4 Å². The number of nitrogens with one attached hydrogen (secondary N) is 3. The van der Waals surface area contributed by atoms with E-state index in [1.165, 1.54) is 38.5 Å². The summed E-state index contributed by atoms with van der Waals surface area (Å²) in [6.07, 6.45) is 9.37. The Hall–Kier alpha value is -2.42. The van der Waals surface area contributed by atoms with Gasteiger partial charge in [-0.3, -0.25) is 4.72 Å². The summed E-state index contributed by atoms with van der Waals surface area (Å²) in [7, 11) is -3.77. The van der Waals surface area contributed by atoms with Gasteiger partial charge in [0, 0.05) is 6.54 Å². The molecule has 0 saturated heterocycles. The molecule has 1 heterocycles. The van der Waals surface area contributed by atoms with Crippen molar-refractivity contribution < 1.29 is 18.0 Å². The Morgan fingerprint density at radius 2 is 1.87 bits per heavy atom. The molecule has 2 aliphatic rings. The van der Waals surface area contributed by atoms with Gasteiger partial charge < -0.3 is 10.2 Å². The molecule has 7 nitrogen and oxygen atoms in total. The van der Waals surface area contributed by atoms with Crippen LogP contribution in [0.5, 0.6) is 0 Å². The molecule has 0 aromatic heterocycles. The van der Waals surface area contributed by atoms with E-state index in [4.69, 9.17) is 4.84 Å². The maximum absolute atomic E-state index is 13.2. The van der Waals surface area contributed by atoms with Crippen molar-refractivity contribution in [3.8, 4) is 0 Å². The summed E-state index contributed by atoms with van der Waals surface area (Å²) in [6, 6.07) is 12.4. The summed E-state index contributed by atoms with van der Waals surface area (Å²) >= 11 is 0. The minimum Gasteiger partial charge on any atom is -0.370 e. The van der Waals surface area contributed by atoms with Crippen LogP contribution in [0.25, 0.3) is 0 Å². The molecule has 38 heavy (non-hydrogen) atoms. The molecule has 2 aromatic carbocycles. The number of rotatable bonds is 11. The van der Waals surface area contributed by atoms with Crippen molar-refractivity contribution in [1.82, 2.24) is 10.8 Å². The van der Waals surface area contributed by atoms with E-state index in [1.54, 1.807) is 24.3 Å². The van der Waals surface area contributed by atoms with Crippen LogP contribution in [0.2, 0.25) is 0 Å². The smallest absolute Gasteiger partial charge is 0.330 e. The topological polar surface area (TPSA) is 96.5 Å². The summed E-state index contributed by atoms with van der Waals surface area (Å²) in [5.41, 5.74) is 5.51. The molecule has 0 unspecified atom stereocenters. The molecule has 0 amide bonds. The summed E-state index contributed by atoms with van der Waals surface area (Å²) < 4.78 is 29.1. The molecule has 3 N–H and O–H groups in total. The van der Waals surface area contributed by atoms with Gasteiger partial charge in [-0.2, -0.15) is 0 Å². The molecule has 4 rings (SSSR count). The quantitative estimate of drug-likeness (QED) is 0.316. The SMILES string of the molecule is C[C@@H](CC1CCCCC1)CC(C)(C)C(=O)ONCc1ccccc1NS(=O)(=O)c1ccc2c(c1)CCNC2. The highest BCUT2D eigenvalue weighted by atomic mass is 32.2. The van der Waals surface area contributed by atoms with Crippen molar-refractivity contribution in [2.45, 2.75) is 90.1 Å². The maximum Gasteiger partial charge on any atom is 0.330 e. The molecule has 1 fully saturated rings. The maximum atomic E-state index is 13.2. The fourth-order valence-corrected chi connectivity index (χ4v) is 7.10. The fourth-order valence-electron chi connectivity index (χ4n) is 5.95. The van der Waals surface area contributed by atoms with E-state index in [1.807, 2.05) is 32.0 Å². The van der Waals surface area contributed by atoms with Crippen LogP contribution in [0.15, 0.2) is 47.4 Å². The minimum atomic E-state index is -3.77. The highest BCUT2D eigenvalue weighted by Gasteiger charge is 2.32. The number of hydroxylamine groups is 1. The van der Waals surface area contributed by atoms with Crippen LogP contribution >= 0.6 is 0 Å². The Kier molecular flexibility index (Phi) is 9.50. The Morgan fingerprint density at radius 1 is 1.11 bits per heavy atom. The van der Waals surface area contributed by atoms with Crippen LogP contribution < -0.4 is 15.5 Å². The van der Waals surface area contributed by atoms with Crippen LogP contribution in [0, 0.1) is 17.3 Å². The van der Waals surface area contributed by atoms with Crippen molar-refractivity contribution in [2.75, 3.05) is 11.3 Å². The highest BCUT2D eigenvalue weighted by molar-refractivity contribution is 7.92. The van der Waals surface area contributed by atoms with Crippen molar-refractivity contribution in [2.24, 2.45) is 17.3 Å². The number of anilines is 1. The summed E-state index contributed by atoms with van der Waals surface area (Å²) in [5.74, 6) is 0.938. The first-order chi connectivity index (χ1) is 18.1. The van der Waals surface area contributed by atoms with E-state index < -0.39 is 15.4 Å². The van der Waals surface area contributed by atoms with E-state index in [0.29, 0.717) is 17.2 Å². The molecule has 0 bridgehead atoms. The number of hydrogen-bond donors (Lipinski definition) is 3. The minimum absolute atomic E-state index is 0.188. The molecule has 2 aromatic rings. The molecule has 1 aliphatic carbocycles. The number of benzene rings is 2. The van der Waals surface area contributed by atoms with Crippen molar-refractivity contribution in [1.29, 1.82) is 0 Å². The number of fused-ring (bicyclic) bond motifs is 1. The van der Waals surface area contributed by atoms with Gasteiger partial charge in [-0.25, -0.2) is 13.2 Å². The standard InChI is InChI=1S/C30H43N3O4S/c1-22(17-23-9-5-4-6-10-23)19-30(2,3)29(34)37-32-21-26-11-7-8-12-28(26)33-38(35,36)27-14-13-25-20-31-16-15-24(25)18-27/h7-8,11-14,18,22-23,31-33H,4-6,9-10,15-17,19-21H2,1-3H3/t22-/m0/s1. The summed E-state index contributed by atoms with van der Waals surface area (Å²) in [6.45, 7) is 7.89. The normalized spacial score (nSPS) is 17.4. The molecule has 1 aliphatic heterocycles. The Morgan fingerprint density at radius 3 is 2.66 bits per heavy atom. The van der Waals surface area contributed by atoms with Crippen molar-refractivity contribution in [3.05, 3.63) is 59.2 Å². The Labute approximate surface area is 228 Å². The highest BCUT2D eigenvalue weighted by Crippen LogP contribution is 2.34. The lowest BCUT2D eigenvalue weighted by Crippen LogP contribution is -2.33. The van der Waals surface area contributed by atoms with Gasteiger partial charge in [0.2, 0.25) is 0 Å². The second kappa shape index (κ2) is 12.6. The first kappa shape index (κ1) is 28.6. The van der Waals surface area contributed by atoms with Gasteiger partial charge in [-0.05, 0) is 86.4 Å². The summed E-state index contributed by atoms with van der Waals surface area (Å²) in [4.78, 5) is 18.6. The predicted octanol–water partition coefficient (Wildman–Crippen LogP) is 5.70. The molecule has 208 valence electrons. The zero-order valence-electron chi connectivity index (χ0n) is 23.0.